The molecule has 5 nitrogen and oxygen atoms in total. The third-order valence-electron chi connectivity index (χ3n) is 5.40. The van der Waals surface area contributed by atoms with E-state index in [1.165, 1.54) is 37.4 Å². The molecule has 3 aromatic rings. The number of fused-ring (bicyclic) bond motifs is 1. The molecule has 0 atom stereocenters. The summed E-state index contributed by atoms with van der Waals surface area (Å²) in [4.78, 5) is 15.5. The van der Waals surface area contributed by atoms with Crippen molar-refractivity contribution in [2.24, 2.45) is 11.8 Å². The van der Waals surface area contributed by atoms with E-state index in [1.54, 1.807) is 6.07 Å². The van der Waals surface area contributed by atoms with Crippen LogP contribution < -0.4 is 10.2 Å². The van der Waals surface area contributed by atoms with Crippen LogP contribution in [0.2, 0.25) is 0 Å². The first-order valence-corrected chi connectivity index (χ1v) is 11.2. The maximum Gasteiger partial charge on any atom is 0.450 e. The minimum absolute atomic E-state index is 0.0103. The van der Waals surface area contributed by atoms with Gasteiger partial charge in [0.05, 0.1) is 23.6 Å². The number of ether oxygens (including phenoxy) is 1. The number of rotatable bonds is 8. The lowest BCUT2D eigenvalue weighted by Gasteiger charge is -2.27. The maximum absolute atomic E-state index is 14.2. The molecular formula is C26H30F3NO4. The fourth-order valence-corrected chi connectivity index (χ4v) is 4.21. The van der Waals surface area contributed by atoms with E-state index in [0.717, 1.165) is 0 Å². The quantitative estimate of drug-likeness (QED) is 0.412. The number of phenols is 1. The first kappa shape index (κ1) is 25.6. The van der Waals surface area contributed by atoms with Crippen molar-refractivity contribution < 1.29 is 27.4 Å². The van der Waals surface area contributed by atoms with Gasteiger partial charge in [-0.15, -0.1) is 0 Å². The van der Waals surface area contributed by atoms with Gasteiger partial charge in [0.15, 0.2) is 0 Å². The maximum atomic E-state index is 14.2. The molecule has 0 bridgehead atoms. The fourth-order valence-electron chi connectivity index (χ4n) is 4.21. The number of nitrogens with zero attached hydrogens (tertiary/aromatic N) is 1. The minimum atomic E-state index is -4.94. The van der Waals surface area contributed by atoms with Crippen LogP contribution in [0.3, 0.4) is 0 Å². The summed E-state index contributed by atoms with van der Waals surface area (Å²) in [7, 11) is 1.32. The molecule has 8 heteroatoms. The van der Waals surface area contributed by atoms with Gasteiger partial charge in [-0.3, -0.25) is 9.69 Å². The van der Waals surface area contributed by atoms with Crippen molar-refractivity contribution >= 4 is 11.0 Å². The van der Waals surface area contributed by atoms with Crippen LogP contribution in [0.15, 0.2) is 45.6 Å². The van der Waals surface area contributed by atoms with Crippen LogP contribution in [0.25, 0.3) is 22.1 Å². The number of hydrogen-bond acceptors (Lipinski definition) is 5. The number of phenolic OH excluding ortho intramolecular Hbond substituents is 1. The Balaban J connectivity index is 2.31. The van der Waals surface area contributed by atoms with Gasteiger partial charge in [0.25, 0.3) is 0 Å². The van der Waals surface area contributed by atoms with Gasteiger partial charge in [0.1, 0.15) is 17.1 Å². The fraction of sp³-hybridized carbons (Fsp3) is 0.423. The average molecular weight is 478 g/mol. The zero-order chi connectivity index (χ0) is 25.2. The summed E-state index contributed by atoms with van der Waals surface area (Å²) in [6.07, 6.45) is -4.94. The highest BCUT2D eigenvalue weighted by Gasteiger charge is 2.40. The van der Waals surface area contributed by atoms with Crippen molar-refractivity contribution in [3.05, 3.63) is 57.9 Å². The topological polar surface area (TPSA) is 62.9 Å². The highest BCUT2D eigenvalue weighted by molar-refractivity contribution is 5.87. The van der Waals surface area contributed by atoms with E-state index in [-0.39, 0.29) is 40.1 Å². The third-order valence-corrected chi connectivity index (χ3v) is 5.40. The molecule has 1 N–H and O–H groups in total. The van der Waals surface area contributed by atoms with Crippen molar-refractivity contribution in [2.75, 3.05) is 20.2 Å². The molecule has 0 saturated heterocycles. The number of halogens is 3. The summed E-state index contributed by atoms with van der Waals surface area (Å²) < 4.78 is 53.2. The number of methoxy groups -OCH3 is 1. The van der Waals surface area contributed by atoms with Crippen LogP contribution in [0.1, 0.15) is 39.0 Å². The second kappa shape index (κ2) is 10.1. The Hall–Kier alpha value is -3.00. The van der Waals surface area contributed by atoms with Crippen LogP contribution in [-0.2, 0) is 12.7 Å². The van der Waals surface area contributed by atoms with E-state index in [0.29, 0.717) is 24.9 Å². The Morgan fingerprint density at radius 2 is 1.65 bits per heavy atom. The van der Waals surface area contributed by atoms with Crippen LogP contribution in [0.5, 0.6) is 11.5 Å². The molecule has 0 amide bonds. The van der Waals surface area contributed by atoms with Crippen LogP contribution in [0.4, 0.5) is 13.2 Å². The average Bonchev–Trinajstić information content (AvgIpc) is 2.74. The van der Waals surface area contributed by atoms with E-state index in [2.05, 4.69) is 0 Å². The molecule has 2 aromatic carbocycles. The summed E-state index contributed by atoms with van der Waals surface area (Å²) in [6.45, 7) is 9.64. The number of hydrogen-bond donors (Lipinski definition) is 1. The summed E-state index contributed by atoms with van der Waals surface area (Å²) in [5.41, 5.74) is -1.56. The first-order chi connectivity index (χ1) is 15.9. The molecule has 0 spiro atoms. The largest absolute Gasteiger partial charge is 0.507 e. The molecule has 0 aliphatic heterocycles. The smallest absolute Gasteiger partial charge is 0.450 e. The van der Waals surface area contributed by atoms with Crippen molar-refractivity contribution in [1.82, 2.24) is 4.90 Å². The minimum Gasteiger partial charge on any atom is -0.507 e. The predicted octanol–water partition coefficient (Wildman–Crippen LogP) is 6.31. The molecule has 0 aliphatic carbocycles. The SMILES string of the molecule is COc1ccccc1-c1c(C(F)(F)F)oc2c(CN(CC(C)C)CC(C)C)c(O)ccc2c1=O. The van der Waals surface area contributed by atoms with Crippen molar-refractivity contribution in [3.63, 3.8) is 0 Å². The van der Waals surface area contributed by atoms with Gasteiger partial charge in [0, 0.05) is 25.2 Å². The van der Waals surface area contributed by atoms with Crippen molar-refractivity contribution in [3.8, 4) is 22.6 Å². The van der Waals surface area contributed by atoms with Gasteiger partial charge < -0.3 is 14.3 Å². The first-order valence-electron chi connectivity index (χ1n) is 11.2. The molecule has 184 valence electrons. The van der Waals surface area contributed by atoms with Gasteiger partial charge in [-0.2, -0.15) is 13.2 Å². The van der Waals surface area contributed by atoms with Gasteiger partial charge in [-0.25, -0.2) is 0 Å². The molecule has 34 heavy (non-hydrogen) atoms. The van der Waals surface area contributed by atoms with Crippen LogP contribution in [-0.4, -0.2) is 30.2 Å². The normalized spacial score (nSPS) is 12.3. The molecule has 3 rings (SSSR count). The Morgan fingerprint density at radius 1 is 1.03 bits per heavy atom. The van der Waals surface area contributed by atoms with E-state index in [4.69, 9.17) is 9.15 Å². The second-order valence-electron chi connectivity index (χ2n) is 9.26. The lowest BCUT2D eigenvalue weighted by molar-refractivity contribution is -0.152. The Bertz CT molecular complexity index is 1210. The van der Waals surface area contributed by atoms with Gasteiger partial charge in [0.2, 0.25) is 11.2 Å². The third kappa shape index (κ3) is 5.38. The molecule has 0 fully saturated rings. The number of benzene rings is 2. The van der Waals surface area contributed by atoms with Crippen molar-refractivity contribution in [2.45, 2.75) is 40.4 Å². The van der Waals surface area contributed by atoms with Crippen LogP contribution >= 0.6 is 0 Å². The zero-order valence-corrected chi connectivity index (χ0v) is 20.0. The van der Waals surface area contributed by atoms with Gasteiger partial charge >= 0.3 is 6.18 Å². The molecule has 0 unspecified atom stereocenters. The monoisotopic (exact) mass is 477 g/mol. The molecule has 1 aromatic heterocycles. The van der Waals surface area contributed by atoms with Gasteiger partial charge in [-0.1, -0.05) is 45.9 Å². The van der Waals surface area contributed by atoms with E-state index in [9.17, 15) is 23.1 Å². The standard InChI is InChI=1S/C26H30F3NO4/c1-15(2)12-30(13-16(3)4)14-19-20(31)11-10-18-23(32)22(17-8-6-7-9-21(17)33-5)25(26(27,28)29)34-24(18)19/h6-11,15-16,31H,12-14H2,1-5H3. The lowest BCUT2D eigenvalue weighted by atomic mass is 9.99. The lowest BCUT2D eigenvalue weighted by Crippen LogP contribution is -2.31. The highest BCUT2D eigenvalue weighted by Crippen LogP contribution is 2.41. The molecule has 0 radical (unpaired) electrons. The Labute approximate surface area is 196 Å². The van der Waals surface area contributed by atoms with E-state index >= 15 is 0 Å². The zero-order valence-electron chi connectivity index (χ0n) is 20.0. The van der Waals surface area contributed by atoms with Crippen molar-refractivity contribution in [1.29, 1.82) is 0 Å². The Morgan fingerprint density at radius 3 is 2.21 bits per heavy atom. The summed E-state index contributed by atoms with van der Waals surface area (Å²) >= 11 is 0. The number of aromatic hydroxyl groups is 1. The summed E-state index contributed by atoms with van der Waals surface area (Å²) in [5.74, 6) is -0.915. The van der Waals surface area contributed by atoms with E-state index < -0.39 is 22.9 Å². The predicted molar refractivity (Wildman–Crippen MR) is 126 cm³/mol. The highest BCUT2D eigenvalue weighted by atomic mass is 19.4. The Kier molecular flexibility index (Phi) is 7.60. The second-order valence-corrected chi connectivity index (χ2v) is 9.26. The molecule has 0 saturated carbocycles. The molecule has 1 heterocycles. The summed E-state index contributed by atoms with van der Waals surface area (Å²) in [5, 5.41) is 10.6. The molecular weight excluding hydrogens is 447 g/mol. The summed E-state index contributed by atoms with van der Waals surface area (Å²) in [6, 6.07) is 8.63. The number of alkyl halides is 3. The van der Waals surface area contributed by atoms with Gasteiger partial charge in [-0.05, 0) is 30.0 Å². The molecule has 0 aliphatic rings. The van der Waals surface area contributed by atoms with Crippen LogP contribution in [0, 0.1) is 11.8 Å². The number of para-hydroxylation sites is 1. The van der Waals surface area contributed by atoms with E-state index in [1.807, 2.05) is 32.6 Å².